The zero-order valence-electron chi connectivity index (χ0n) is 7.26. The maximum absolute atomic E-state index is 4.15. The number of aromatic nitrogens is 2. The first-order valence-electron chi connectivity index (χ1n) is 4.05. The van der Waals surface area contributed by atoms with Crippen molar-refractivity contribution in [1.82, 2.24) is 10.2 Å². The number of benzene rings is 1. The van der Waals surface area contributed by atoms with E-state index in [1.54, 1.807) is 0 Å². The molecule has 1 aromatic heterocycles. The fourth-order valence-corrected chi connectivity index (χ4v) is 1.34. The number of nitrogens with one attached hydrogen (secondary N) is 1. The van der Waals surface area contributed by atoms with Crippen molar-refractivity contribution in [2.24, 2.45) is 0 Å². The quantitative estimate of drug-likeness (QED) is 0.620. The van der Waals surface area contributed by atoms with E-state index in [0.29, 0.717) is 0 Å². The molecule has 2 nitrogen and oxygen atoms in total. The zero-order valence-corrected chi connectivity index (χ0v) is 7.26. The van der Waals surface area contributed by atoms with Crippen LogP contribution in [0.4, 0.5) is 0 Å². The lowest BCUT2D eigenvalue weighted by Gasteiger charge is -1.94. The fourth-order valence-electron chi connectivity index (χ4n) is 1.34. The largest absolute Gasteiger partial charge is 0.282 e. The molecule has 0 aliphatic carbocycles. The minimum Gasteiger partial charge on any atom is -0.282 e. The van der Waals surface area contributed by atoms with Gasteiger partial charge in [-0.3, -0.25) is 5.10 Å². The number of nitrogens with zero attached hydrogens (tertiary/aromatic N) is 1. The van der Waals surface area contributed by atoms with Gasteiger partial charge in [-0.15, -0.1) is 0 Å². The molecule has 0 aliphatic rings. The van der Waals surface area contributed by atoms with E-state index in [2.05, 4.69) is 29.6 Å². The Labute approximate surface area is 72.2 Å². The Morgan fingerprint density at radius 2 is 2.25 bits per heavy atom. The summed E-state index contributed by atoms with van der Waals surface area (Å²) in [7, 11) is 2.09. The van der Waals surface area contributed by atoms with Gasteiger partial charge in [0, 0.05) is 11.1 Å². The van der Waals surface area contributed by atoms with Crippen LogP contribution in [0.5, 0.6) is 0 Å². The second-order valence-corrected chi connectivity index (χ2v) is 2.91. The Hall–Kier alpha value is -1.25. The van der Waals surface area contributed by atoms with Gasteiger partial charge in [0.1, 0.15) is 7.28 Å². The van der Waals surface area contributed by atoms with E-state index < -0.39 is 0 Å². The molecule has 0 amide bonds. The van der Waals surface area contributed by atoms with Crippen molar-refractivity contribution < 1.29 is 0 Å². The summed E-state index contributed by atoms with van der Waals surface area (Å²) in [6.07, 6.45) is 0. The second kappa shape index (κ2) is 2.66. The Balaban J connectivity index is 2.71. The summed E-state index contributed by atoms with van der Waals surface area (Å²) in [6, 6.07) is 6.25. The van der Waals surface area contributed by atoms with E-state index in [1.807, 2.05) is 19.8 Å². The minimum absolute atomic E-state index is 1.04. The molecule has 2 aromatic rings. The van der Waals surface area contributed by atoms with Crippen molar-refractivity contribution >= 4 is 23.6 Å². The third-order valence-electron chi connectivity index (χ3n) is 2.10. The summed E-state index contributed by atoms with van der Waals surface area (Å²) in [4.78, 5) is 0. The van der Waals surface area contributed by atoms with Gasteiger partial charge in [0.25, 0.3) is 0 Å². The van der Waals surface area contributed by atoms with Crippen molar-refractivity contribution in [3.8, 4) is 0 Å². The van der Waals surface area contributed by atoms with E-state index >= 15 is 0 Å². The van der Waals surface area contributed by atoms with E-state index in [9.17, 15) is 0 Å². The molecule has 1 N–H and O–H groups in total. The SMILES string of the molecule is C[B]c1ccc2n[nH]c(C)c2c1. The summed E-state index contributed by atoms with van der Waals surface area (Å²) in [5.74, 6) is 0. The molecule has 0 atom stereocenters. The van der Waals surface area contributed by atoms with Gasteiger partial charge in [0.15, 0.2) is 0 Å². The predicted octanol–water partition coefficient (Wildman–Crippen LogP) is 1.25. The van der Waals surface area contributed by atoms with Crippen LogP contribution in [-0.4, -0.2) is 17.5 Å². The molecule has 0 bridgehead atoms. The molecule has 0 fully saturated rings. The van der Waals surface area contributed by atoms with Crippen molar-refractivity contribution in [2.75, 3.05) is 0 Å². The van der Waals surface area contributed by atoms with Crippen LogP contribution in [-0.2, 0) is 0 Å². The summed E-state index contributed by atoms with van der Waals surface area (Å²) in [5.41, 5.74) is 3.42. The normalized spacial score (nSPS) is 10.5. The number of H-pyrrole nitrogens is 1. The van der Waals surface area contributed by atoms with Gasteiger partial charge < -0.3 is 0 Å². The lowest BCUT2D eigenvalue weighted by molar-refractivity contribution is 1.07. The lowest BCUT2D eigenvalue weighted by atomic mass is 9.73. The maximum atomic E-state index is 4.15. The standard InChI is InChI=1S/C9H10BN2/c1-6-8-5-7(10-2)3-4-9(8)12-11-6/h3-5H,1-2H3,(H,11,12). The third-order valence-corrected chi connectivity index (χ3v) is 2.10. The number of fused-ring (bicyclic) bond motifs is 1. The molecule has 0 saturated heterocycles. The highest BCUT2D eigenvalue weighted by molar-refractivity contribution is 6.52. The molecule has 1 aromatic carbocycles. The Bertz CT molecular complexity index is 406. The summed E-state index contributed by atoms with van der Waals surface area (Å²) < 4.78 is 0. The highest BCUT2D eigenvalue weighted by Gasteiger charge is 2.00. The molecule has 0 spiro atoms. The van der Waals surface area contributed by atoms with Gasteiger partial charge in [-0.2, -0.15) is 5.10 Å². The lowest BCUT2D eigenvalue weighted by Crippen LogP contribution is -2.08. The van der Waals surface area contributed by atoms with Crippen LogP contribution < -0.4 is 5.46 Å². The smallest absolute Gasteiger partial charge is 0.148 e. The van der Waals surface area contributed by atoms with Crippen LogP contribution in [0.3, 0.4) is 0 Å². The Kier molecular flexibility index (Phi) is 1.64. The molecule has 3 heteroatoms. The first-order valence-corrected chi connectivity index (χ1v) is 4.05. The first kappa shape index (κ1) is 7.41. The van der Waals surface area contributed by atoms with Crippen molar-refractivity contribution in [3.05, 3.63) is 23.9 Å². The first-order chi connectivity index (χ1) is 5.81. The van der Waals surface area contributed by atoms with Gasteiger partial charge in [0.05, 0.1) is 5.52 Å². The van der Waals surface area contributed by atoms with Crippen molar-refractivity contribution in [1.29, 1.82) is 0 Å². The Morgan fingerprint density at radius 3 is 3.00 bits per heavy atom. The van der Waals surface area contributed by atoms with E-state index in [-0.39, 0.29) is 0 Å². The summed E-state index contributed by atoms with van der Waals surface area (Å²) in [6.45, 7) is 4.07. The molecule has 12 heavy (non-hydrogen) atoms. The number of hydrogen-bond acceptors (Lipinski definition) is 1. The summed E-state index contributed by atoms with van der Waals surface area (Å²) in [5, 5.41) is 8.33. The molecule has 2 rings (SSSR count). The molecule has 1 radical (unpaired) electrons. The van der Waals surface area contributed by atoms with Crippen molar-refractivity contribution in [2.45, 2.75) is 13.7 Å². The van der Waals surface area contributed by atoms with Gasteiger partial charge >= 0.3 is 0 Å². The van der Waals surface area contributed by atoms with E-state index in [0.717, 1.165) is 11.2 Å². The third kappa shape index (κ3) is 1.02. The Morgan fingerprint density at radius 1 is 1.42 bits per heavy atom. The minimum atomic E-state index is 1.04. The highest BCUT2D eigenvalue weighted by atomic mass is 15.1. The van der Waals surface area contributed by atoms with E-state index in [4.69, 9.17) is 0 Å². The topological polar surface area (TPSA) is 28.7 Å². The molecule has 1 heterocycles. The second-order valence-electron chi connectivity index (χ2n) is 2.91. The van der Waals surface area contributed by atoms with Crippen LogP contribution in [0.15, 0.2) is 18.2 Å². The number of hydrogen-bond donors (Lipinski definition) is 1. The summed E-state index contributed by atoms with van der Waals surface area (Å²) >= 11 is 0. The van der Waals surface area contributed by atoms with Crippen LogP contribution in [0.1, 0.15) is 5.69 Å². The molecular weight excluding hydrogens is 147 g/mol. The predicted molar refractivity (Wildman–Crippen MR) is 52.1 cm³/mol. The zero-order chi connectivity index (χ0) is 8.55. The average molecular weight is 157 g/mol. The molecule has 0 unspecified atom stereocenters. The van der Waals surface area contributed by atoms with Crippen molar-refractivity contribution in [3.63, 3.8) is 0 Å². The van der Waals surface area contributed by atoms with Gasteiger partial charge in [-0.25, -0.2) is 0 Å². The average Bonchev–Trinajstić information content (AvgIpc) is 2.47. The van der Waals surface area contributed by atoms with Crippen LogP contribution in [0, 0.1) is 6.92 Å². The molecular formula is C9H10BN2. The van der Waals surface area contributed by atoms with Gasteiger partial charge in [-0.05, 0) is 13.0 Å². The molecule has 59 valence electrons. The van der Waals surface area contributed by atoms with Crippen LogP contribution in [0.2, 0.25) is 6.82 Å². The number of rotatable bonds is 1. The fraction of sp³-hybridized carbons (Fsp3) is 0.222. The molecule has 0 saturated carbocycles. The number of aryl methyl sites for hydroxylation is 1. The monoisotopic (exact) mass is 157 g/mol. The van der Waals surface area contributed by atoms with E-state index in [1.165, 1.54) is 10.8 Å². The maximum Gasteiger partial charge on any atom is 0.148 e. The van der Waals surface area contributed by atoms with Gasteiger partial charge in [-0.1, -0.05) is 24.4 Å². The van der Waals surface area contributed by atoms with Crippen LogP contribution in [0.25, 0.3) is 10.9 Å². The molecule has 0 aliphatic heterocycles. The highest BCUT2D eigenvalue weighted by Crippen LogP contribution is 2.12. The van der Waals surface area contributed by atoms with Crippen LogP contribution >= 0.6 is 0 Å². The van der Waals surface area contributed by atoms with Gasteiger partial charge in [0.2, 0.25) is 0 Å². The number of aromatic amines is 1.